The molecule has 146 valence electrons. The maximum absolute atomic E-state index is 13.1. The van der Waals surface area contributed by atoms with E-state index in [1.807, 2.05) is 11.0 Å². The Morgan fingerprint density at radius 1 is 0.852 bits per heavy atom. The van der Waals surface area contributed by atoms with Crippen LogP contribution in [0, 0.1) is 0 Å². The molecule has 2 aromatic rings. The highest BCUT2D eigenvalue weighted by Gasteiger charge is 2.34. The van der Waals surface area contributed by atoms with Crippen LogP contribution in [0.5, 0.6) is 0 Å². The Hall–Kier alpha value is -1.90. The fourth-order valence-corrected chi connectivity index (χ4v) is 4.73. The third-order valence-corrected chi connectivity index (χ3v) is 6.48. The van der Waals surface area contributed by atoms with Crippen LogP contribution in [0.3, 0.4) is 0 Å². The zero-order chi connectivity index (χ0) is 19.5. The number of benzene rings is 2. The Morgan fingerprint density at radius 3 is 2.07 bits per heavy atom. The van der Waals surface area contributed by atoms with E-state index < -0.39 is 21.8 Å². The van der Waals surface area contributed by atoms with E-state index in [0.717, 1.165) is 11.6 Å². The van der Waals surface area contributed by atoms with Gasteiger partial charge in [-0.05, 0) is 17.2 Å². The molecule has 0 aromatic heterocycles. The Morgan fingerprint density at radius 2 is 1.44 bits per heavy atom. The minimum atomic E-state index is -4.39. The SMILES string of the molecule is O=S(=O)(Cc1ccccc1)N1CCN(Cc2ccccc2C(F)(F)F)CC1. The number of rotatable bonds is 5. The van der Waals surface area contributed by atoms with Crippen molar-refractivity contribution in [2.75, 3.05) is 26.2 Å². The van der Waals surface area contributed by atoms with Gasteiger partial charge in [-0.15, -0.1) is 0 Å². The van der Waals surface area contributed by atoms with Gasteiger partial charge < -0.3 is 0 Å². The maximum atomic E-state index is 13.1. The molecule has 0 unspecified atom stereocenters. The molecule has 0 bridgehead atoms. The molecule has 0 N–H and O–H groups in total. The molecule has 2 aromatic carbocycles. The van der Waals surface area contributed by atoms with Crippen LogP contribution < -0.4 is 0 Å². The Bertz CT molecular complexity index is 862. The van der Waals surface area contributed by atoms with E-state index in [4.69, 9.17) is 0 Å². The number of nitrogens with zero attached hydrogens (tertiary/aromatic N) is 2. The normalized spacial score (nSPS) is 17.1. The Kier molecular flexibility index (Phi) is 5.88. The van der Waals surface area contributed by atoms with E-state index in [1.165, 1.54) is 16.4 Å². The van der Waals surface area contributed by atoms with Crippen LogP contribution in [-0.4, -0.2) is 43.8 Å². The minimum Gasteiger partial charge on any atom is -0.296 e. The van der Waals surface area contributed by atoms with Crippen molar-refractivity contribution >= 4 is 10.0 Å². The van der Waals surface area contributed by atoms with Gasteiger partial charge in [-0.1, -0.05) is 48.5 Å². The molecule has 3 rings (SSSR count). The molecule has 0 atom stereocenters. The summed E-state index contributed by atoms with van der Waals surface area (Å²) in [6.07, 6.45) is -4.39. The molecule has 0 spiro atoms. The molecule has 1 saturated heterocycles. The first-order valence-corrected chi connectivity index (χ1v) is 10.3. The van der Waals surface area contributed by atoms with E-state index in [1.54, 1.807) is 30.3 Å². The van der Waals surface area contributed by atoms with Crippen molar-refractivity contribution in [1.82, 2.24) is 9.21 Å². The molecule has 1 aliphatic rings. The lowest BCUT2D eigenvalue weighted by molar-refractivity contribution is -0.138. The second kappa shape index (κ2) is 8.00. The van der Waals surface area contributed by atoms with Crippen molar-refractivity contribution in [3.8, 4) is 0 Å². The second-order valence-electron chi connectivity index (χ2n) is 6.57. The highest BCUT2D eigenvalue weighted by atomic mass is 32.2. The lowest BCUT2D eigenvalue weighted by atomic mass is 10.1. The molecule has 0 aliphatic carbocycles. The zero-order valence-electron chi connectivity index (χ0n) is 14.7. The summed E-state index contributed by atoms with van der Waals surface area (Å²) in [7, 11) is -3.44. The van der Waals surface area contributed by atoms with Crippen molar-refractivity contribution in [2.24, 2.45) is 0 Å². The first-order valence-electron chi connectivity index (χ1n) is 8.65. The van der Waals surface area contributed by atoms with Gasteiger partial charge in [0, 0.05) is 32.7 Å². The van der Waals surface area contributed by atoms with Crippen LogP contribution in [-0.2, 0) is 28.5 Å². The average molecular weight is 398 g/mol. The molecule has 4 nitrogen and oxygen atoms in total. The summed E-state index contributed by atoms with van der Waals surface area (Å²) in [4.78, 5) is 1.86. The molecule has 27 heavy (non-hydrogen) atoms. The average Bonchev–Trinajstić information content (AvgIpc) is 2.62. The molecular weight excluding hydrogens is 377 g/mol. The molecular formula is C19H21F3N2O2S. The standard InChI is InChI=1S/C19H21F3N2O2S/c20-19(21,22)18-9-5-4-8-17(18)14-23-10-12-24(13-11-23)27(25,26)15-16-6-2-1-3-7-16/h1-9H,10-15H2. The Labute approximate surface area is 157 Å². The predicted octanol–water partition coefficient (Wildman–Crippen LogP) is 3.35. The van der Waals surface area contributed by atoms with Gasteiger partial charge in [0.2, 0.25) is 10.0 Å². The molecule has 1 heterocycles. The summed E-state index contributed by atoms with van der Waals surface area (Å²) in [5.74, 6) is -0.0647. The van der Waals surface area contributed by atoms with Crippen LogP contribution in [0.25, 0.3) is 0 Å². The first-order chi connectivity index (χ1) is 12.8. The van der Waals surface area contributed by atoms with Gasteiger partial charge in [0.05, 0.1) is 11.3 Å². The quantitative estimate of drug-likeness (QED) is 0.776. The summed E-state index contributed by atoms with van der Waals surface area (Å²) in [5, 5.41) is 0. The van der Waals surface area contributed by atoms with Gasteiger partial charge in [0.1, 0.15) is 0 Å². The number of piperazine rings is 1. The zero-order valence-corrected chi connectivity index (χ0v) is 15.5. The monoisotopic (exact) mass is 398 g/mol. The molecule has 0 saturated carbocycles. The molecule has 0 radical (unpaired) electrons. The Balaban J connectivity index is 1.61. The second-order valence-corrected chi connectivity index (χ2v) is 8.54. The topological polar surface area (TPSA) is 40.6 Å². The van der Waals surface area contributed by atoms with Crippen molar-refractivity contribution in [3.63, 3.8) is 0 Å². The molecule has 0 amide bonds. The highest BCUT2D eigenvalue weighted by molar-refractivity contribution is 7.88. The van der Waals surface area contributed by atoms with Crippen LogP contribution in [0.2, 0.25) is 0 Å². The third kappa shape index (κ3) is 5.09. The molecule has 8 heteroatoms. The summed E-state index contributed by atoms with van der Waals surface area (Å²) >= 11 is 0. The fourth-order valence-electron chi connectivity index (χ4n) is 3.22. The van der Waals surface area contributed by atoms with Crippen LogP contribution in [0.1, 0.15) is 16.7 Å². The lowest BCUT2D eigenvalue weighted by Gasteiger charge is -2.34. The van der Waals surface area contributed by atoms with E-state index in [0.29, 0.717) is 13.1 Å². The predicted molar refractivity (Wildman–Crippen MR) is 97.4 cm³/mol. The van der Waals surface area contributed by atoms with E-state index in [-0.39, 0.29) is 31.0 Å². The third-order valence-electron chi connectivity index (χ3n) is 4.63. The van der Waals surface area contributed by atoms with Gasteiger partial charge in [-0.3, -0.25) is 4.90 Å². The number of sulfonamides is 1. The smallest absolute Gasteiger partial charge is 0.296 e. The lowest BCUT2D eigenvalue weighted by Crippen LogP contribution is -2.48. The summed E-state index contributed by atoms with van der Waals surface area (Å²) in [6.45, 7) is 1.52. The number of hydrogen-bond acceptors (Lipinski definition) is 3. The fraction of sp³-hybridized carbons (Fsp3) is 0.368. The van der Waals surface area contributed by atoms with Gasteiger partial charge in [-0.25, -0.2) is 8.42 Å². The summed E-state index contributed by atoms with van der Waals surface area (Å²) < 4.78 is 65.9. The van der Waals surface area contributed by atoms with Gasteiger partial charge >= 0.3 is 6.18 Å². The summed E-state index contributed by atoms with van der Waals surface area (Å²) in [5.41, 5.74) is 0.300. The largest absolute Gasteiger partial charge is 0.416 e. The highest BCUT2D eigenvalue weighted by Crippen LogP contribution is 2.32. The van der Waals surface area contributed by atoms with Gasteiger partial charge in [0.15, 0.2) is 0 Å². The first kappa shape index (κ1) is 19.9. The van der Waals surface area contributed by atoms with Crippen LogP contribution >= 0.6 is 0 Å². The van der Waals surface area contributed by atoms with Gasteiger partial charge in [0.25, 0.3) is 0 Å². The van der Waals surface area contributed by atoms with Crippen molar-refractivity contribution < 1.29 is 21.6 Å². The number of hydrogen-bond donors (Lipinski definition) is 0. The number of alkyl halides is 3. The van der Waals surface area contributed by atoms with Crippen molar-refractivity contribution in [3.05, 3.63) is 71.3 Å². The van der Waals surface area contributed by atoms with Crippen LogP contribution in [0.4, 0.5) is 13.2 Å². The van der Waals surface area contributed by atoms with Crippen LogP contribution in [0.15, 0.2) is 54.6 Å². The molecule has 1 fully saturated rings. The maximum Gasteiger partial charge on any atom is 0.416 e. The number of halogens is 3. The summed E-state index contributed by atoms with van der Waals surface area (Å²) in [6, 6.07) is 14.5. The van der Waals surface area contributed by atoms with Crippen molar-refractivity contribution in [1.29, 1.82) is 0 Å². The molecule has 1 aliphatic heterocycles. The van der Waals surface area contributed by atoms with E-state index in [9.17, 15) is 21.6 Å². The minimum absolute atomic E-state index is 0.0647. The van der Waals surface area contributed by atoms with Gasteiger partial charge in [-0.2, -0.15) is 17.5 Å². The van der Waals surface area contributed by atoms with Crippen molar-refractivity contribution in [2.45, 2.75) is 18.5 Å². The van der Waals surface area contributed by atoms with E-state index >= 15 is 0 Å². The van der Waals surface area contributed by atoms with E-state index in [2.05, 4.69) is 0 Å².